The summed E-state index contributed by atoms with van der Waals surface area (Å²) >= 11 is 0. The highest BCUT2D eigenvalue weighted by Crippen LogP contribution is 2.31. The zero-order valence-electron chi connectivity index (χ0n) is 8.40. The van der Waals surface area contributed by atoms with Gasteiger partial charge in [-0.2, -0.15) is 5.26 Å². The Morgan fingerprint density at radius 2 is 1.94 bits per heavy atom. The van der Waals surface area contributed by atoms with Crippen molar-refractivity contribution in [3.05, 3.63) is 54.1 Å². The quantitative estimate of drug-likeness (QED) is 0.708. The summed E-state index contributed by atoms with van der Waals surface area (Å²) in [6, 6.07) is 10.4. The minimum atomic E-state index is -2.53. The van der Waals surface area contributed by atoms with Crippen molar-refractivity contribution in [2.45, 2.75) is 11.8 Å². The Balaban J connectivity index is 2.34. The number of benzene rings is 1. The summed E-state index contributed by atoms with van der Waals surface area (Å²) in [5.41, 5.74) is -1.13. The van der Waals surface area contributed by atoms with Crippen molar-refractivity contribution in [1.29, 1.82) is 5.26 Å². The average molecular weight is 217 g/mol. The summed E-state index contributed by atoms with van der Waals surface area (Å²) < 4.78 is 27.0. The van der Waals surface area contributed by atoms with Crippen LogP contribution in [0.1, 0.15) is 5.56 Å². The SMILES string of the molecule is N#CC1(F)C=CC(c2ccccc2)=CC1F. The molecule has 0 saturated carbocycles. The van der Waals surface area contributed by atoms with E-state index in [9.17, 15) is 8.78 Å². The van der Waals surface area contributed by atoms with E-state index in [1.807, 2.05) is 18.2 Å². The molecule has 0 spiro atoms. The molecule has 0 bridgehead atoms. The van der Waals surface area contributed by atoms with Gasteiger partial charge >= 0.3 is 0 Å². The summed E-state index contributed by atoms with van der Waals surface area (Å²) in [5, 5.41) is 8.53. The van der Waals surface area contributed by atoms with Crippen molar-refractivity contribution >= 4 is 5.57 Å². The van der Waals surface area contributed by atoms with E-state index in [2.05, 4.69) is 0 Å². The maximum absolute atomic E-state index is 13.5. The van der Waals surface area contributed by atoms with Gasteiger partial charge in [0.25, 0.3) is 0 Å². The first kappa shape index (κ1) is 10.6. The standard InChI is InChI=1S/C13H9F2N/c14-12-8-11(6-7-13(12,15)9-16)10-4-2-1-3-5-10/h1-8,12H. The molecule has 80 valence electrons. The topological polar surface area (TPSA) is 23.8 Å². The maximum atomic E-state index is 13.5. The molecule has 2 rings (SSSR count). The van der Waals surface area contributed by atoms with Gasteiger partial charge in [0, 0.05) is 0 Å². The number of nitriles is 1. The van der Waals surface area contributed by atoms with Gasteiger partial charge in [-0.3, -0.25) is 0 Å². The number of alkyl halides is 2. The van der Waals surface area contributed by atoms with Crippen LogP contribution in [0.2, 0.25) is 0 Å². The van der Waals surface area contributed by atoms with Gasteiger partial charge in [0.05, 0.1) is 0 Å². The first-order valence-electron chi connectivity index (χ1n) is 4.86. The Kier molecular flexibility index (Phi) is 2.57. The van der Waals surface area contributed by atoms with Crippen LogP contribution in [0, 0.1) is 11.3 Å². The molecule has 3 heteroatoms. The molecule has 0 heterocycles. The van der Waals surface area contributed by atoms with Gasteiger partial charge in [0.2, 0.25) is 5.67 Å². The first-order valence-corrected chi connectivity index (χ1v) is 4.86. The molecule has 1 nitrogen and oxygen atoms in total. The molecule has 1 aromatic rings. The van der Waals surface area contributed by atoms with E-state index in [1.165, 1.54) is 12.1 Å². The summed E-state index contributed by atoms with van der Waals surface area (Å²) in [4.78, 5) is 0. The Hall–Kier alpha value is -1.95. The molecular weight excluding hydrogens is 208 g/mol. The number of halogens is 2. The van der Waals surface area contributed by atoms with Crippen molar-refractivity contribution in [3.63, 3.8) is 0 Å². The zero-order valence-corrected chi connectivity index (χ0v) is 8.40. The number of hydrogen-bond acceptors (Lipinski definition) is 1. The lowest BCUT2D eigenvalue weighted by molar-refractivity contribution is 0.181. The minimum Gasteiger partial charge on any atom is -0.238 e. The normalized spacial score (nSPS) is 28.3. The molecule has 0 aliphatic heterocycles. The second-order valence-electron chi connectivity index (χ2n) is 3.60. The molecule has 0 fully saturated rings. The second kappa shape index (κ2) is 3.90. The van der Waals surface area contributed by atoms with E-state index in [4.69, 9.17) is 5.26 Å². The van der Waals surface area contributed by atoms with Gasteiger partial charge in [-0.1, -0.05) is 36.4 Å². The van der Waals surface area contributed by atoms with Crippen molar-refractivity contribution in [2.24, 2.45) is 0 Å². The third-order valence-corrected chi connectivity index (χ3v) is 2.51. The third-order valence-electron chi connectivity index (χ3n) is 2.51. The molecule has 0 N–H and O–H groups in total. The van der Waals surface area contributed by atoms with Gasteiger partial charge < -0.3 is 0 Å². The lowest BCUT2D eigenvalue weighted by Crippen LogP contribution is -2.31. The Bertz CT molecular complexity index is 484. The van der Waals surface area contributed by atoms with Crippen LogP contribution in [0.5, 0.6) is 0 Å². The highest BCUT2D eigenvalue weighted by atomic mass is 19.2. The highest BCUT2D eigenvalue weighted by Gasteiger charge is 2.38. The van der Waals surface area contributed by atoms with Crippen molar-refractivity contribution in [1.82, 2.24) is 0 Å². The minimum absolute atomic E-state index is 0.594. The van der Waals surface area contributed by atoms with Gasteiger partial charge in [0.15, 0.2) is 6.17 Å². The molecular formula is C13H9F2N. The Morgan fingerprint density at radius 1 is 1.25 bits per heavy atom. The number of nitrogens with zero attached hydrogens (tertiary/aromatic N) is 1. The van der Waals surface area contributed by atoms with Crippen molar-refractivity contribution < 1.29 is 8.78 Å². The molecule has 2 unspecified atom stereocenters. The highest BCUT2D eigenvalue weighted by molar-refractivity contribution is 5.76. The van der Waals surface area contributed by atoms with E-state index < -0.39 is 11.8 Å². The summed E-state index contributed by atoms with van der Waals surface area (Å²) in [6.45, 7) is 0. The molecule has 16 heavy (non-hydrogen) atoms. The molecule has 0 radical (unpaired) electrons. The predicted molar refractivity (Wildman–Crippen MR) is 57.9 cm³/mol. The largest absolute Gasteiger partial charge is 0.248 e. The molecule has 0 aromatic heterocycles. The van der Waals surface area contributed by atoms with Crippen LogP contribution in [0.15, 0.2) is 48.6 Å². The summed E-state index contributed by atoms with van der Waals surface area (Å²) in [6.07, 6.45) is 1.63. The Labute approximate surface area is 92.3 Å². The fourth-order valence-electron chi connectivity index (χ4n) is 1.56. The summed E-state index contributed by atoms with van der Waals surface area (Å²) in [5.74, 6) is 0. The van der Waals surface area contributed by atoms with E-state index in [0.29, 0.717) is 5.57 Å². The average Bonchev–Trinajstić information content (AvgIpc) is 2.34. The molecule has 0 saturated heterocycles. The smallest absolute Gasteiger partial charge is 0.238 e. The molecule has 2 atom stereocenters. The molecule has 1 aromatic carbocycles. The predicted octanol–water partition coefficient (Wildman–Crippen LogP) is 3.21. The van der Waals surface area contributed by atoms with Crippen LogP contribution in [-0.2, 0) is 0 Å². The van der Waals surface area contributed by atoms with E-state index >= 15 is 0 Å². The van der Waals surface area contributed by atoms with E-state index in [0.717, 1.165) is 17.7 Å². The monoisotopic (exact) mass is 217 g/mol. The van der Waals surface area contributed by atoms with Gasteiger partial charge in [-0.25, -0.2) is 8.78 Å². The number of allylic oxidation sites excluding steroid dienone is 4. The van der Waals surface area contributed by atoms with Crippen LogP contribution in [0.3, 0.4) is 0 Å². The molecule has 1 aliphatic rings. The van der Waals surface area contributed by atoms with Crippen LogP contribution in [0.25, 0.3) is 5.57 Å². The fourth-order valence-corrected chi connectivity index (χ4v) is 1.56. The Morgan fingerprint density at radius 3 is 2.50 bits per heavy atom. The van der Waals surface area contributed by atoms with Gasteiger partial charge in [0.1, 0.15) is 6.07 Å². The third kappa shape index (κ3) is 1.74. The van der Waals surface area contributed by atoms with Crippen LogP contribution < -0.4 is 0 Å². The number of hydrogen-bond donors (Lipinski definition) is 0. The number of rotatable bonds is 1. The molecule has 0 amide bonds. The molecule has 1 aliphatic carbocycles. The van der Waals surface area contributed by atoms with Crippen molar-refractivity contribution in [2.75, 3.05) is 0 Å². The van der Waals surface area contributed by atoms with Crippen LogP contribution >= 0.6 is 0 Å². The second-order valence-corrected chi connectivity index (χ2v) is 3.60. The lowest BCUT2D eigenvalue weighted by Gasteiger charge is -2.20. The van der Waals surface area contributed by atoms with Crippen LogP contribution in [0.4, 0.5) is 8.78 Å². The van der Waals surface area contributed by atoms with Gasteiger partial charge in [-0.05, 0) is 23.3 Å². The van der Waals surface area contributed by atoms with Gasteiger partial charge in [-0.15, -0.1) is 0 Å². The summed E-state index contributed by atoms with van der Waals surface area (Å²) in [7, 11) is 0. The first-order chi connectivity index (χ1) is 7.65. The van der Waals surface area contributed by atoms with Crippen LogP contribution in [-0.4, -0.2) is 11.8 Å². The van der Waals surface area contributed by atoms with Crippen molar-refractivity contribution in [3.8, 4) is 6.07 Å². The fraction of sp³-hybridized carbons (Fsp3) is 0.154. The van der Waals surface area contributed by atoms with E-state index in [1.54, 1.807) is 12.1 Å². The maximum Gasteiger partial charge on any atom is 0.248 e. The lowest BCUT2D eigenvalue weighted by atomic mass is 9.90. The van der Waals surface area contributed by atoms with E-state index in [-0.39, 0.29) is 0 Å². The zero-order chi connectivity index (χ0) is 11.6.